The van der Waals surface area contributed by atoms with Gasteiger partial charge in [-0.05, 0) is 24.6 Å². The molecule has 4 heterocycles. The fourth-order valence-corrected chi connectivity index (χ4v) is 4.79. The van der Waals surface area contributed by atoms with Crippen molar-refractivity contribution in [3.05, 3.63) is 46.4 Å². The summed E-state index contributed by atoms with van der Waals surface area (Å²) in [6.45, 7) is 3.97. The van der Waals surface area contributed by atoms with Gasteiger partial charge in [-0.3, -0.25) is 9.48 Å². The summed E-state index contributed by atoms with van der Waals surface area (Å²) in [4.78, 5) is 20.3. The van der Waals surface area contributed by atoms with Crippen LogP contribution in [0.25, 0.3) is 22.6 Å². The number of aryl methyl sites for hydroxylation is 2. The SMILES string of the molecule is COc1cccc(F)c1-c1nc(-c2c(C)cnn2C)c2c(c1Cl)OC[C@H]1CNCCN1C2=O. The van der Waals surface area contributed by atoms with Crippen molar-refractivity contribution in [1.29, 1.82) is 0 Å². The molecular weight excluding hydrogens is 449 g/mol. The van der Waals surface area contributed by atoms with E-state index in [4.69, 9.17) is 26.1 Å². The number of carbonyl (C=O) groups excluding carboxylic acids is 1. The number of carbonyl (C=O) groups is 1. The van der Waals surface area contributed by atoms with E-state index in [1.807, 2.05) is 6.92 Å². The number of nitrogens with zero attached hydrogens (tertiary/aromatic N) is 4. The van der Waals surface area contributed by atoms with Crippen LogP contribution in [0.15, 0.2) is 24.4 Å². The highest BCUT2D eigenvalue weighted by Crippen LogP contribution is 2.46. The Hall–Kier alpha value is -3.17. The minimum Gasteiger partial charge on any atom is -0.496 e. The van der Waals surface area contributed by atoms with Gasteiger partial charge in [-0.1, -0.05) is 17.7 Å². The molecule has 3 aromatic rings. The van der Waals surface area contributed by atoms with Gasteiger partial charge in [0.25, 0.3) is 5.91 Å². The number of amides is 1. The van der Waals surface area contributed by atoms with Gasteiger partial charge in [-0.25, -0.2) is 9.37 Å². The normalized spacial score (nSPS) is 17.8. The summed E-state index contributed by atoms with van der Waals surface area (Å²) < 4.78 is 28.2. The molecule has 0 aliphatic carbocycles. The Kier molecular flexibility index (Phi) is 5.46. The zero-order valence-corrected chi connectivity index (χ0v) is 19.2. The van der Waals surface area contributed by atoms with Gasteiger partial charge in [-0.2, -0.15) is 5.10 Å². The van der Waals surface area contributed by atoms with Gasteiger partial charge in [-0.15, -0.1) is 0 Å². The van der Waals surface area contributed by atoms with Gasteiger partial charge < -0.3 is 19.7 Å². The van der Waals surface area contributed by atoms with Crippen LogP contribution in [-0.4, -0.2) is 65.0 Å². The lowest BCUT2D eigenvalue weighted by Gasteiger charge is -2.34. The van der Waals surface area contributed by atoms with Crippen molar-refractivity contribution in [2.75, 3.05) is 33.4 Å². The Labute approximate surface area is 195 Å². The van der Waals surface area contributed by atoms with E-state index in [9.17, 15) is 4.79 Å². The van der Waals surface area contributed by atoms with Crippen LogP contribution in [0.3, 0.4) is 0 Å². The van der Waals surface area contributed by atoms with E-state index in [0.29, 0.717) is 31.0 Å². The molecule has 1 aromatic carbocycles. The molecule has 1 amide bonds. The molecule has 1 N–H and O–H groups in total. The third kappa shape index (κ3) is 3.43. The molecule has 0 bridgehead atoms. The Bertz CT molecular complexity index is 1240. The molecule has 33 heavy (non-hydrogen) atoms. The standard InChI is InChI=1S/C23H23ClFN5O3/c1-12-9-27-29(2)21(12)20-17-22(33-11-13-10-26-7-8-30(13)23(17)31)18(24)19(28-20)16-14(25)5-4-6-15(16)32-3/h4-6,9,13,26H,7-8,10-11H2,1-3H3/t13-/m1/s1. The summed E-state index contributed by atoms with van der Waals surface area (Å²) in [5.74, 6) is -0.287. The van der Waals surface area contributed by atoms with Gasteiger partial charge in [0, 0.05) is 26.7 Å². The lowest BCUT2D eigenvalue weighted by molar-refractivity contribution is 0.0607. The van der Waals surface area contributed by atoms with Crippen LogP contribution >= 0.6 is 11.6 Å². The summed E-state index contributed by atoms with van der Waals surface area (Å²) >= 11 is 6.79. The fraction of sp³-hybridized carbons (Fsp3) is 0.348. The third-order valence-electron chi connectivity index (χ3n) is 6.12. The number of halogens is 2. The maximum absolute atomic E-state index is 15.0. The number of pyridine rings is 1. The number of nitrogens with one attached hydrogen (secondary N) is 1. The van der Waals surface area contributed by atoms with E-state index in [-0.39, 0.29) is 51.9 Å². The van der Waals surface area contributed by atoms with Crippen molar-refractivity contribution in [1.82, 2.24) is 25.0 Å². The quantitative estimate of drug-likeness (QED) is 0.632. The number of piperazine rings is 1. The Morgan fingerprint density at radius 3 is 2.85 bits per heavy atom. The Balaban J connectivity index is 1.84. The number of hydrogen-bond acceptors (Lipinski definition) is 6. The van der Waals surface area contributed by atoms with Crippen LogP contribution < -0.4 is 14.8 Å². The molecule has 5 rings (SSSR count). The molecule has 1 fully saturated rings. The maximum atomic E-state index is 15.0. The summed E-state index contributed by atoms with van der Waals surface area (Å²) in [6.07, 6.45) is 1.69. The fourth-order valence-electron chi connectivity index (χ4n) is 4.50. The molecule has 0 unspecified atom stereocenters. The molecule has 172 valence electrons. The number of aromatic nitrogens is 3. The van der Waals surface area contributed by atoms with Crippen LogP contribution in [0.4, 0.5) is 4.39 Å². The lowest BCUT2D eigenvalue weighted by Crippen LogP contribution is -2.54. The summed E-state index contributed by atoms with van der Waals surface area (Å²) in [5.41, 5.74) is 2.30. The number of ether oxygens (including phenoxy) is 2. The highest BCUT2D eigenvalue weighted by atomic mass is 35.5. The largest absolute Gasteiger partial charge is 0.496 e. The number of benzene rings is 1. The van der Waals surface area contributed by atoms with Gasteiger partial charge in [0.1, 0.15) is 40.1 Å². The van der Waals surface area contributed by atoms with Crippen LogP contribution in [0.1, 0.15) is 15.9 Å². The zero-order valence-electron chi connectivity index (χ0n) is 18.5. The first kappa shape index (κ1) is 21.7. The minimum atomic E-state index is -0.544. The first-order valence-corrected chi connectivity index (χ1v) is 11.0. The average Bonchev–Trinajstić information content (AvgIpc) is 3.07. The highest BCUT2D eigenvalue weighted by Gasteiger charge is 2.38. The van der Waals surface area contributed by atoms with E-state index < -0.39 is 5.82 Å². The van der Waals surface area contributed by atoms with Gasteiger partial charge in [0.15, 0.2) is 5.75 Å². The molecular formula is C23H23ClFN5O3. The maximum Gasteiger partial charge on any atom is 0.260 e. The van der Waals surface area contributed by atoms with Crippen molar-refractivity contribution in [2.24, 2.45) is 7.05 Å². The number of methoxy groups -OCH3 is 1. The molecule has 8 nitrogen and oxygen atoms in total. The van der Waals surface area contributed by atoms with Crippen LogP contribution in [0, 0.1) is 12.7 Å². The van der Waals surface area contributed by atoms with Gasteiger partial charge >= 0.3 is 0 Å². The second kappa shape index (κ2) is 8.31. The van der Waals surface area contributed by atoms with Crippen LogP contribution in [0.5, 0.6) is 11.5 Å². The second-order valence-corrected chi connectivity index (χ2v) is 8.49. The van der Waals surface area contributed by atoms with Crippen molar-refractivity contribution in [2.45, 2.75) is 13.0 Å². The molecule has 10 heteroatoms. The molecule has 1 saturated heterocycles. The van der Waals surface area contributed by atoms with E-state index in [0.717, 1.165) is 5.56 Å². The van der Waals surface area contributed by atoms with Gasteiger partial charge in [0.05, 0.1) is 30.6 Å². The van der Waals surface area contributed by atoms with Crippen molar-refractivity contribution in [3.8, 4) is 34.1 Å². The van der Waals surface area contributed by atoms with Crippen LogP contribution in [-0.2, 0) is 7.05 Å². The smallest absolute Gasteiger partial charge is 0.260 e. The molecule has 0 radical (unpaired) electrons. The molecule has 2 aromatic heterocycles. The summed E-state index contributed by atoms with van der Waals surface area (Å²) in [5, 5.41) is 7.68. The van der Waals surface area contributed by atoms with E-state index in [2.05, 4.69) is 10.4 Å². The van der Waals surface area contributed by atoms with E-state index >= 15 is 4.39 Å². The summed E-state index contributed by atoms with van der Waals surface area (Å²) in [7, 11) is 3.22. The minimum absolute atomic E-state index is 0.0677. The lowest BCUT2D eigenvalue weighted by atomic mass is 10.0. The van der Waals surface area contributed by atoms with E-state index in [1.54, 1.807) is 35.0 Å². The molecule has 0 saturated carbocycles. The molecule has 1 atom stereocenters. The van der Waals surface area contributed by atoms with Crippen molar-refractivity contribution < 1.29 is 18.7 Å². The molecule has 2 aliphatic rings. The Morgan fingerprint density at radius 2 is 2.12 bits per heavy atom. The zero-order chi connectivity index (χ0) is 23.3. The monoisotopic (exact) mass is 471 g/mol. The molecule has 0 spiro atoms. The average molecular weight is 472 g/mol. The van der Waals surface area contributed by atoms with E-state index in [1.165, 1.54) is 13.2 Å². The number of hydrogen-bond donors (Lipinski definition) is 1. The van der Waals surface area contributed by atoms with Crippen LogP contribution in [0.2, 0.25) is 5.02 Å². The first-order valence-electron chi connectivity index (χ1n) is 10.6. The van der Waals surface area contributed by atoms with Crippen molar-refractivity contribution in [3.63, 3.8) is 0 Å². The third-order valence-corrected chi connectivity index (χ3v) is 6.47. The number of fused-ring (bicyclic) bond motifs is 2. The summed E-state index contributed by atoms with van der Waals surface area (Å²) in [6, 6.07) is 4.34. The van der Waals surface area contributed by atoms with Gasteiger partial charge in [0.2, 0.25) is 0 Å². The second-order valence-electron chi connectivity index (χ2n) is 8.11. The number of rotatable bonds is 3. The Morgan fingerprint density at radius 1 is 1.30 bits per heavy atom. The molecule has 2 aliphatic heterocycles. The topological polar surface area (TPSA) is 81.5 Å². The highest BCUT2D eigenvalue weighted by molar-refractivity contribution is 6.35. The predicted octanol–water partition coefficient (Wildman–Crippen LogP) is 3.07. The predicted molar refractivity (Wildman–Crippen MR) is 121 cm³/mol. The first-order chi connectivity index (χ1) is 15.9. The van der Waals surface area contributed by atoms with Crippen molar-refractivity contribution >= 4 is 17.5 Å².